The van der Waals surface area contributed by atoms with Crippen LogP contribution in [0.5, 0.6) is 0 Å². The van der Waals surface area contributed by atoms with E-state index >= 15 is 0 Å². The zero-order valence-corrected chi connectivity index (χ0v) is 27.2. The van der Waals surface area contributed by atoms with Crippen LogP contribution in [0.15, 0.2) is 154 Å². The van der Waals surface area contributed by atoms with Crippen LogP contribution in [0.2, 0.25) is 0 Å². The molecule has 0 bridgehead atoms. The molecule has 2 nitrogen and oxygen atoms in total. The van der Waals surface area contributed by atoms with Crippen molar-refractivity contribution in [3.63, 3.8) is 0 Å². The molecule has 10 aromatic rings. The molecule has 0 saturated carbocycles. The predicted octanol–water partition coefficient (Wildman–Crippen LogP) is 13.4. The van der Waals surface area contributed by atoms with Gasteiger partial charge in [-0.25, -0.2) is 0 Å². The number of hydrogen-bond donors (Lipinski definition) is 0. The van der Waals surface area contributed by atoms with Gasteiger partial charge in [0.1, 0.15) is 22.3 Å². The van der Waals surface area contributed by atoms with Crippen molar-refractivity contribution in [1.82, 2.24) is 0 Å². The van der Waals surface area contributed by atoms with Gasteiger partial charge < -0.3 is 8.83 Å². The van der Waals surface area contributed by atoms with Crippen LogP contribution in [-0.4, -0.2) is 0 Å². The average molecular weight is 627 g/mol. The molecule has 1 aliphatic rings. The minimum atomic E-state index is -0.0251. The summed E-state index contributed by atoms with van der Waals surface area (Å²) in [5.41, 5.74) is 13.9. The van der Waals surface area contributed by atoms with Gasteiger partial charge in [-0.05, 0) is 102 Å². The van der Waals surface area contributed by atoms with E-state index in [2.05, 4.69) is 135 Å². The number of furan rings is 2. The molecule has 0 atom stereocenters. The molecule has 0 N–H and O–H groups in total. The van der Waals surface area contributed by atoms with E-state index in [1.54, 1.807) is 0 Å². The fraction of sp³-hybridized carbons (Fsp3) is 0.0638. The fourth-order valence-electron chi connectivity index (χ4n) is 8.86. The Morgan fingerprint density at radius 1 is 0.367 bits per heavy atom. The normalized spacial score (nSPS) is 13.7. The Labute approximate surface area is 282 Å². The van der Waals surface area contributed by atoms with Gasteiger partial charge in [-0.2, -0.15) is 0 Å². The number of benzene rings is 8. The number of rotatable bonds is 2. The summed E-state index contributed by atoms with van der Waals surface area (Å²) in [7, 11) is 0. The van der Waals surface area contributed by atoms with Gasteiger partial charge in [0.15, 0.2) is 0 Å². The minimum absolute atomic E-state index is 0.0251. The van der Waals surface area contributed by atoms with E-state index in [1.165, 1.54) is 66.1 Å². The summed E-state index contributed by atoms with van der Waals surface area (Å²) >= 11 is 0. The largest absolute Gasteiger partial charge is 0.456 e. The van der Waals surface area contributed by atoms with Crippen LogP contribution in [0.25, 0.3) is 98.8 Å². The Balaban J connectivity index is 1.20. The zero-order valence-electron chi connectivity index (χ0n) is 27.2. The molecule has 1 aliphatic carbocycles. The average Bonchev–Trinajstić information content (AvgIpc) is 3.77. The van der Waals surface area contributed by atoms with Gasteiger partial charge >= 0.3 is 0 Å². The lowest BCUT2D eigenvalue weighted by Gasteiger charge is -2.22. The maximum atomic E-state index is 6.46. The molecule has 2 aromatic heterocycles. The van der Waals surface area contributed by atoms with Crippen molar-refractivity contribution < 1.29 is 8.83 Å². The number of fused-ring (bicyclic) bond motifs is 12. The predicted molar refractivity (Wildman–Crippen MR) is 204 cm³/mol. The third kappa shape index (κ3) is 3.55. The van der Waals surface area contributed by atoms with Crippen molar-refractivity contribution >= 4 is 65.4 Å². The highest BCUT2D eigenvalue weighted by Crippen LogP contribution is 2.51. The molecular formula is C47H30O2. The van der Waals surface area contributed by atoms with E-state index in [0.717, 1.165) is 43.9 Å². The van der Waals surface area contributed by atoms with Crippen LogP contribution in [0, 0.1) is 0 Å². The lowest BCUT2D eigenvalue weighted by atomic mass is 9.81. The minimum Gasteiger partial charge on any atom is -0.456 e. The second-order valence-electron chi connectivity index (χ2n) is 14.0. The molecule has 2 heterocycles. The van der Waals surface area contributed by atoms with E-state index < -0.39 is 0 Å². The third-order valence-electron chi connectivity index (χ3n) is 11.1. The molecule has 0 fully saturated rings. The maximum absolute atomic E-state index is 6.46. The highest BCUT2D eigenvalue weighted by molar-refractivity contribution is 6.27. The molecule has 0 aliphatic heterocycles. The first-order valence-corrected chi connectivity index (χ1v) is 17.0. The second kappa shape index (κ2) is 9.49. The summed E-state index contributed by atoms with van der Waals surface area (Å²) in [5, 5.41) is 9.40. The zero-order chi connectivity index (χ0) is 32.4. The molecule has 0 amide bonds. The quantitative estimate of drug-likeness (QED) is 0.178. The molecule has 2 heteroatoms. The van der Waals surface area contributed by atoms with E-state index in [0.29, 0.717) is 0 Å². The smallest absolute Gasteiger partial charge is 0.136 e. The lowest BCUT2D eigenvalue weighted by Crippen LogP contribution is -2.14. The summed E-state index contributed by atoms with van der Waals surface area (Å²) < 4.78 is 12.7. The lowest BCUT2D eigenvalue weighted by molar-refractivity contribution is 0.660. The molecule has 11 rings (SSSR count). The second-order valence-corrected chi connectivity index (χ2v) is 14.0. The molecule has 0 radical (unpaired) electrons. The van der Waals surface area contributed by atoms with Crippen LogP contribution in [0.3, 0.4) is 0 Å². The van der Waals surface area contributed by atoms with Crippen molar-refractivity contribution in [2.75, 3.05) is 0 Å². The standard InChI is InChI=1S/C47H30O2/c1-47(2)37-17-9-7-11-29(37)35-25-27(19-21-38(35)47)43-30-12-3-5-14-32(30)44(33-15-6-4-13-31(33)43)28-20-22-40-36(26-28)46-42(49-40)24-23-41-45(46)34-16-8-10-18-39(34)48-41/h3-26H,1-2H3. The van der Waals surface area contributed by atoms with Gasteiger partial charge in [-0.1, -0.05) is 123 Å². The topological polar surface area (TPSA) is 26.3 Å². The molecule has 230 valence electrons. The van der Waals surface area contributed by atoms with Crippen LogP contribution < -0.4 is 0 Å². The maximum Gasteiger partial charge on any atom is 0.136 e. The first-order chi connectivity index (χ1) is 24.1. The van der Waals surface area contributed by atoms with Gasteiger partial charge in [0.2, 0.25) is 0 Å². The van der Waals surface area contributed by atoms with Crippen molar-refractivity contribution in [1.29, 1.82) is 0 Å². The molecule has 8 aromatic carbocycles. The summed E-state index contributed by atoms with van der Waals surface area (Å²) in [6.07, 6.45) is 0. The van der Waals surface area contributed by atoms with Gasteiger partial charge in [0, 0.05) is 27.0 Å². The molecule has 0 saturated heterocycles. The van der Waals surface area contributed by atoms with Crippen molar-refractivity contribution in [2.45, 2.75) is 19.3 Å². The Morgan fingerprint density at radius 2 is 0.837 bits per heavy atom. The summed E-state index contributed by atoms with van der Waals surface area (Å²) in [4.78, 5) is 0. The van der Waals surface area contributed by atoms with Crippen molar-refractivity contribution in [2.24, 2.45) is 0 Å². The van der Waals surface area contributed by atoms with E-state index in [-0.39, 0.29) is 5.41 Å². The van der Waals surface area contributed by atoms with Crippen molar-refractivity contribution in [3.05, 3.63) is 157 Å². The number of hydrogen-bond acceptors (Lipinski definition) is 2. The molecular weight excluding hydrogens is 597 g/mol. The van der Waals surface area contributed by atoms with Gasteiger partial charge in [-0.15, -0.1) is 0 Å². The molecule has 0 unspecified atom stereocenters. The van der Waals surface area contributed by atoms with Gasteiger partial charge in [0.25, 0.3) is 0 Å². The van der Waals surface area contributed by atoms with Gasteiger partial charge in [-0.3, -0.25) is 0 Å². The molecule has 49 heavy (non-hydrogen) atoms. The van der Waals surface area contributed by atoms with Gasteiger partial charge in [0.05, 0.1) is 0 Å². The summed E-state index contributed by atoms with van der Waals surface area (Å²) in [5.74, 6) is 0. The first-order valence-electron chi connectivity index (χ1n) is 17.0. The van der Waals surface area contributed by atoms with Crippen LogP contribution >= 0.6 is 0 Å². The summed E-state index contributed by atoms with van der Waals surface area (Å²) in [6, 6.07) is 52.9. The van der Waals surface area contributed by atoms with Crippen molar-refractivity contribution in [3.8, 4) is 33.4 Å². The third-order valence-corrected chi connectivity index (χ3v) is 11.1. The van der Waals surface area contributed by atoms with Crippen LogP contribution in [0.4, 0.5) is 0 Å². The Morgan fingerprint density at radius 3 is 1.51 bits per heavy atom. The van der Waals surface area contributed by atoms with Crippen LogP contribution in [-0.2, 0) is 5.41 Å². The SMILES string of the molecule is CC1(C)c2ccccc2-c2cc(-c3c4ccccc4c(-c4ccc5oc6ccc7oc8ccccc8c7c6c5c4)c4ccccc34)ccc21. The fourth-order valence-corrected chi connectivity index (χ4v) is 8.86. The Hall–Kier alpha value is -6.12. The highest BCUT2D eigenvalue weighted by atomic mass is 16.3. The van der Waals surface area contributed by atoms with E-state index in [4.69, 9.17) is 8.83 Å². The highest BCUT2D eigenvalue weighted by Gasteiger charge is 2.35. The molecule has 0 spiro atoms. The Bertz CT molecular complexity index is 2970. The summed E-state index contributed by atoms with van der Waals surface area (Å²) in [6.45, 7) is 4.69. The van der Waals surface area contributed by atoms with E-state index in [1.807, 2.05) is 24.3 Å². The number of para-hydroxylation sites is 1. The monoisotopic (exact) mass is 626 g/mol. The Kier molecular flexibility index (Phi) is 5.21. The van der Waals surface area contributed by atoms with Crippen LogP contribution in [0.1, 0.15) is 25.0 Å². The first kappa shape index (κ1) is 26.9. The van der Waals surface area contributed by atoms with E-state index in [9.17, 15) is 0 Å².